The van der Waals surface area contributed by atoms with Crippen LogP contribution in [0.3, 0.4) is 0 Å². The first-order valence-electron chi connectivity index (χ1n) is 5.67. The Hall–Kier alpha value is -1.14. The van der Waals surface area contributed by atoms with Crippen LogP contribution in [0.5, 0.6) is 0 Å². The van der Waals surface area contributed by atoms with Crippen molar-refractivity contribution in [2.45, 2.75) is 25.5 Å². The average molecular weight is 302 g/mol. The molecule has 2 atom stereocenters. The van der Waals surface area contributed by atoms with Crippen molar-refractivity contribution in [3.8, 4) is 0 Å². The molecule has 0 spiro atoms. The zero-order chi connectivity index (χ0) is 14.0. The summed E-state index contributed by atoms with van der Waals surface area (Å²) in [5.74, 6) is 0.689. The summed E-state index contributed by atoms with van der Waals surface area (Å²) in [7, 11) is 0. The molecular weight excluding hydrogens is 289 g/mol. The maximum atomic E-state index is 9.36. The molecule has 102 valence electrons. The van der Waals surface area contributed by atoms with Crippen molar-refractivity contribution in [3.05, 3.63) is 45.5 Å². The number of rotatable bonds is 4. The van der Waals surface area contributed by atoms with Gasteiger partial charge in [-0.1, -0.05) is 34.4 Å². The van der Waals surface area contributed by atoms with E-state index in [9.17, 15) is 5.11 Å². The van der Waals surface area contributed by atoms with Crippen molar-refractivity contribution in [1.82, 2.24) is 10.1 Å². The number of hydrogen-bond acceptors (Lipinski definition) is 5. The highest BCUT2D eigenvalue weighted by Gasteiger charge is 2.19. The van der Waals surface area contributed by atoms with Gasteiger partial charge in [0.1, 0.15) is 6.04 Å². The van der Waals surface area contributed by atoms with Crippen LogP contribution in [-0.2, 0) is 6.42 Å². The van der Waals surface area contributed by atoms with Crippen LogP contribution in [0.25, 0.3) is 0 Å². The monoisotopic (exact) mass is 301 g/mol. The number of aliphatic hydroxyl groups is 1. The molecule has 1 aromatic heterocycles. The lowest BCUT2D eigenvalue weighted by Crippen LogP contribution is -2.23. The van der Waals surface area contributed by atoms with Crippen LogP contribution >= 0.6 is 23.2 Å². The second-order valence-corrected chi connectivity index (χ2v) is 5.05. The van der Waals surface area contributed by atoms with Crippen molar-refractivity contribution in [1.29, 1.82) is 0 Å². The van der Waals surface area contributed by atoms with Gasteiger partial charge in [0.25, 0.3) is 0 Å². The Balaban J connectivity index is 2.13. The van der Waals surface area contributed by atoms with Crippen molar-refractivity contribution >= 4 is 23.2 Å². The molecule has 2 aromatic rings. The highest BCUT2D eigenvalue weighted by atomic mass is 35.5. The van der Waals surface area contributed by atoms with Gasteiger partial charge in [-0.25, -0.2) is 0 Å². The fourth-order valence-electron chi connectivity index (χ4n) is 1.51. The third kappa shape index (κ3) is 3.45. The van der Waals surface area contributed by atoms with Gasteiger partial charge in [0.15, 0.2) is 5.82 Å². The summed E-state index contributed by atoms with van der Waals surface area (Å²) in [5.41, 5.74) is 6.61. The Morgan fingerprint density at radius 2 is 2.11 bits per heavy atom. The van der Waals surface area contributed by atoms with Crippen molar-refractivity contribution < 1.29 is 9.63 Å². The topological polar surface area (TPSA) is 85.2 Å². The first kappa shape index (κ1) is 14.3. The van der Waals surface area contributed by atoms with Crippen LogP contribution in [0.4, 0.5) is 0 Å². The van der Waals surface area contributed by atoms with E-state index in [-0.39, 0.29) is 5.89 Å². The summed E-state index contributed by atoms with van der Waals surface area (Å²) in [6, 6.07) is 4.60. The lowest BCUT2D eigenvalue weighted by molar-refractivity contribution is 0.146. The van der Waals surface area contributed by atoms with Crippen molar-refractivity contribution in [2.75, 3.05) is 0 Å². The molecule has 0 aliphatic carbocycles. The molecule has 1 aromatic carbocycles. The molecule has 5 nitrogen and oxygen atoms in total. The van der Waals surface area contributed by atoms with Gasteiger partial charge in [-0.3, -0.25) is 0 Å². The van der Waals surface area contributed by atoms with Gasteiger partial charge in [-0.05, 0) is 24.6 Å². The highest BCUT2D eigenvalue weighted by Crippen LogP contribution is 2.23. The van der Waals surface area contributed by atoms with Crippen LogP contribution in [0, 0.1) is 0 Å². The van der Waals surface area contributed by atoms with Gasteiger partial charge in [-0.15, -0.1) is 0 Å². The quantitative estimate of drug-likeness (QED) is 0.905. The predicted molar refractivity (Wildman–Crippen MR) is 72.2 cm³/mol. The number of halogens is 2. The van der Waals surface area contributed by atoms with Crippen LogP contribution in [0.1, 0.15) is 30.2 Å². The summed E-state index contributed by atoms with van der Waals surface area (Å²) in [6.45, 7) is 1.56. The number of nitrogens with zero attached hydrogens (tertiary/aromatic N) is 2. The lowest BCUT2D eigenvalue weighted by atomic mass is 10.1. The molecule has 0 aliphatic heterocycles. The molecule has 0 fully saturated rings. The minimum absolute atomic E-state index is 0.213. The molecule has 0 radical (unpaired) electrons. The molecule has 0 saturated carbocycles. The Kier molecular flexibility index (Phi) is 4.42. The summed E-state index contributed by atoms with van der Waals surface area (Å²) in [5, 5.41) is 14.1. The highest BCUT2D eigenvalue weighted by molar-refractivity contribution is 6.42. The first-order valence-corrected chi connectivity index (χ1v) is 6.43. The van der Waals surface area contributed by atoms with Gasteiger partial charge < -0.3 is 15.4 Å². The number of nitrogens with two attached hydrogens (primary N) is 1. The molecule has 0 saturated heterocycles. The van der Waals surface area contributed by atoms with E-state index in [4.69, 9.17) is 33.5 Å². The average Bonchev–Trinajstić information content (AvgIpc) is 2.81. The van der Waals surface area contributed by atoms with Crippen LogP contribution in [0.2, 0.25) is 10.0 Å². The van der Waals surface area contributed by atoms with Crippen LogP contribution in [0.15, 0.2) is 22.7 Å². The van der Waals surface area contributed by atoms with Crippen LogP contribution in [-0.4, -0.2) is 21.4 Å². The van der Waals surface area contributed by atoms with E-state index < -0.39 is 12.1 Å². The fraction of sp³-hybridized carbons (Fsp3) is 0.333. The second kappa shape index (κ2) is 5.88. The molecule has 3 N–H and O–H groups in total. The fourth-order valence-corrected chi connectivity index (χ4v) is 1.83. The van der Waals surface area contributed by atoms with E-state index in [0.29, 0.717) is 22.3 Å². The number of benzene rings is 1. The lowest BCUT2D eigenvalue weighted by Gasteiger charge is -2.08. The second-order valence-electron chi connectivity index (χ2n) is 4.24. The van der Waals surface area contributed by atoms with Crippen molar-refractivity contribution in [3.63, 3.8) is 0 Å². The first-order chi connectivity index (χ1) is 8.97. The molecule has 2 rings (SSSR count). The van der Waals surface area contributed by atoms with E-state index in [1.807, 2.05) is 6.07 Å². The summed E-state index contributed by atoms with van der Waals surface area (Å²) in [4.78, 5) is 4.14. The Morgan fingerprint density at radius 1 is 1.37 bits per heavy atom. The Bertz CT molecular complexity index is 572. The molecule has 0 amide bonds. The number of aliphatic hydroxyl groups excluding tert-OH is 1. The molecule has 1 heterocycles. The molecule has 19 heavy (non-hydrogen) atoms. The van der Waals surface area contributed by atoms with E-state index in [1.54, 1.807) is 19.1 Å². The molecule has 0 bridgehead atoms. The summed E-state index contributed by atoms with van der Waals surface area (Å²) >= 11 is 11.8. The minimum Gasteiger partial charge on any atom is -0.391 e. The molecule has 0 aliphatic rings. The third-order valence-electron chi connectivity index (χ3n) is 2.63. The zero-order valence-corrected chi connectivity index (χ0v) is 11.7. The smallest absolute Gasteiger partial charge is 0.246 e. The minimum atomic E-state index is -0.752. The number of aromatic nitrogens is 2. The van der Waals surface area contributed by atoms with Gasteiger partial charge in [0, 0.05) is 6.42 Å². The van der Waals surface area contributed by atoms with E-state index in [1.165, 1.54) is 0 Å². The summed E-state index contributed by atoms with van der Waals surface area (Å²) < 4.78 is 5.01. The molecule has 7 heteroatoms. The standard InChI is InChI=1S/C12H13Cl2N3O2/c1-6(18)11(15)12-16-10(17-19-12)5-7-2-3-8(13)9(14)4-7/h2-4,6,11,18H,5,15H2,1H3. The van der Waals surface area contributed by atoms with Gasteiger partial charge in [0.05, 0.1) is 16.1 Å². The van der Waals surface area contributed by atoms with Gasteiger partial charge >= 0.3 is 0 Å². The van der Waals surface area contributed by atoms with E-state index >= 15 is 0 Å². The van der Waals surface area contributed by atoms with Gasteiger partial charge in [-0.2, -0.15) is 4.98 Å². The maximum absolute atomic E-state index is 9.36. The number of hydrogen-bond donors (Lipinski definition) is 2. The van der Waals surface area contributed by atoms with E-state index in [2.05, 4.69) is 10.1 Å². The van der Waals surface area contributed by atoms with Crippen LogP contribution < -0.4 is 5.73 Å². The predicted octanol–water partition coefficient (Wildman–Crippen LogP) is 2.35. The SMILES string of the molecule is CC(O)C(N)c1nc(Cc2ccc(Cl)c(Cl)c2)no1. The molecule has 2 unspecified atom stereocenters. The third-order valence-corrected chi connectivity index (χ3v) is 3.37. The summed E-state index contributed by atoms with van der Waals surface area (Å²) in [6.07, 6.45) is -0.300. The largest absolute Gasteiger partial charge is 0.391 e. The Labute approximate surface area is 120 Å². The normalized spacial score (nSPS) is 14.4. The molecular formula is C12H13Cl2N3O2. The Morgan fingerprint density at radius 3 is 2.74 bits per heavy atom. The zero-order valence-electron chi connectivity index (χ0n) is 10.2. The van der Waals surface area contributed by atoms with E-state index in [0.717, 1.165) is 5.56 Å². The van der Waals surface area contributed by atoms with Crippen molar-refractivity contribution in [2.24, 2.45) is 5.73 Å². The maximum Gasteiger partial charge on any atom is 0.246 e. The van der Waals surface area contributed by atoms with Gasteiger partial charge in [0.2, 0.25) is 5.89 Å².